The number of hydrogen-bond donors (Lipinski definition) is 0. The molecule has 0 radical (unpaired) electrons. The van der Waals surface area contributed by atoms with Crippen molar-refractivity contribution in [2.45, 2.75) is 6.92 Å². The first-order valence-corrected chi connectivity index (χ1v) is 8.16. The summed E-state index contributed by atoms with van der Waals surface area (Å²) in [6.45, 7) is 1.98. The number of para-hydroxylation sites is 1. The Morgan fingerprint density at radius 3 is 2.75 bits per heavy atom. The van der Waals surface area contributed by atoms with Crippen LogP contribution in [0.1, 0.15) is 15.9 Å². The Balaban J connectivity index is 2.14. The summed E-state index contributed by atoms with van der Waals surface area (Å²) >= 11 is 7.37. The van der Waals surface area contributed by atoms with Crippen LogP contribution in [0.5, 0.6) is 0 Å². The SMILES string of the molecule is Cc1cccc2sc(=NC(=O)c3cc([N+](=O)[O-])ccc3Cl)n(C)c12. The number of nitrogens with zero attached hydrogens (tertiary/aromatic N) is 3. The molecule has 0 atom stereocenters. The fourth-order valence-corrected chi connectivity index (χ4v) is 3.74. The minimum absolute atomic E-state index is 0.0139. The molecule has 1 heterocycles. The maximum absolute atomic E-state index is 12.4. The Morgan fingerprint density at radius 1 is 1.33 bits per heavy atom. The lowest BCUT2D eigenvalue weighted by Gasteiger charge is -2.00. The first kappa shape index (κ1) is 16.4. The average Bonchev–Trinajstić information content (AvgIpc) is 2.84. The van der Waals surface area contributed by atoms with E-state index in [1.165, 1.54) is 23.5 Å². The highest BCUT2D eigenvalue weighted by atomic mass is 35.5. The molecule has 3 rings (SSSR count). The molecule has 6 nitrogen and oxygen atoms in total. The molecular formula is C16H12ClN3O3S. The van der Waals surface area contributed by atoms with Crippen molar-refractivity contribution in [3.05, 3.63) is 67.5 Å². The second kappa shape index (κ2) is 6.18. The summed E-state index contributed by atoms with van der Waals surface area (Å²) in [6, 6.07) is 9.61. The van der Waals surface area contributed by atoms with E-state index in [0.717, 1.165) is 21.8 Å². The zero-order valence-electron chi connectivity index (χ0n) is 12.8. The Kier molecular flexibility index (Phi) is 4.21. The van der Waals surface area contributed by atoms with E-state index in [4.69, 9.17) is 11.6 Å². The predicted molar refractivity (Wildman–Crippen MR) is 93.5 cm³/mol. The van der Waals surface area contributed by atoms with Crippen molar-refractivity contribution in [3.63, 3.8) is 0 Å². The number of non-ortho nitro benzene ring substituents is 1. The molecule has 0 aliphatic carbocycles. The molecule has 0 fully saturated rings. The first-order valence-electron chi connectivity index (χ1n) is 6.96. The van der Waals surface area contributed by atoms with Crippen LogP contribution in [0.3, 0.4) is 0 Å². The van der Waals surface area contributed by atoms with Gasteiger partial charge in [-0.2, -0.15) is 4.99 Å². The maximum Gasteiger partial charge on any atom is 0.281 e. The van der Waals surface area contributed by atoms with Gasteiger partial charge in [0.1, 0.15) is 0 Å². The van der Waals surface area contributed by atoms with E-state index in [1.54, 1.807) is 0 Å². The highest BCUT2D eigenvalue weighted by Gasteiger charge is 2.16. The van der Waals surface area contributed by atoms with Gasteiger partial charge in [0.25, 0.3) is 11.6 Å². The quantitative estimate of drug-likeness (QED) is 0.513. The van der Waals surface area contributed by atoms with Crippen molar-refractivity contribution >= 4 is 44.7 Å². The fourth-order valence-electron chi connectivity index (χ4n) is 2.44. The molecule has 2 aromatic carbocycles. The Morgan fingerprint density at radius 2 is 2.08 bits per heavy atom. The van der Waals surface area contributed by atoms with Crippen LogP contribution in [0.2, 0.25) is 5.02 Å². The number of halogens is 1. The molecule has 1 amide bonds. The molecule has 0 bridgehead atoms. The molecule has 0 saturated carbocycles. The second-order valence-corrected chi connectivity index (χ2v) is 6.62. The summed E-state index contributed by atoms with van der Waals surface area (Å²) in [5.74, 6) is -0.608. The topological polar surface area (TPSA) is 77.5 Å². The Hall–Kier alpha value is -2.51. The van der Waals surface area contributed by atoms with Gasteiger partial charge in [-0.15, -0.1) is 0 Å². The second-order valence-electron chi connectivity index (χ2n) is 5.20. The standard InChI is InChI=1S/C16H12ClN3O3S/c1-9-4-3-5-13-14(9)19(2)16(24-13)18-15(21)11-8-10(20(22)23)6-7-12(11)17/h3-8H,1-2H3. The van der Waals surface area contributed by atoms with Crippen LogP contribution >= 0.6 is 22.9 Å². The van der Waals surface area contributed by atoms with Crippen LogP contribution < -0.4 is 4.80 Å². The first-order chi connectivity index (χ1) is 11.4. The molecule has 0 aliphatic heterocycles. The number of carbonyl (C=O) groups excluding carboxylic acids is 1. The van der Waals surface area contributed by atoms with Gasteiger partial charge in [0, 0.05) is 19.2 Å². The highest BCUT2D eigenvalue weighted by molar-refractivity contribution is 7.16. The van der Waals surface area contributed by atoms with Crippen molar-refractivity contribution in [2.75, 3.05) is 0 Å². The minimum Gasteiger partial charge on any atom is -0.319 e. The maximum atomic E-state index is 12.4. The monoisotopic (exact) mass is 361 g/mol. The van der Waals surface area contributed by atoms with E-state index in [2.05, 4.69) is 4.99 Å². The zero-order chi connectivity index (χ0) is 17.4. The molecule has 24 heavy (non-hydrogen) atoms. The van der Waals surface area contributed by atoms with Gasteiger partial charge in [-0.05, 0) is 24.6 Å². The molecule has 3 aromatic rings. The summed E-state index contributed by atoms with van der Waals surface area (Å²) in [5, 5.41) is 11.0. The summed E-state index contributed by atoms with van der Waals surface area (Å²) < 4.78 is 2.84. The lowest BCUT2D eigenvalue weighted by atomic mass is 10.2. The van der Waals surface area contributed by atoms with Crippen molar-refractivity contribution in [2.24, 2.45) is 12.0 Å². The van der Waals surface area contributed by atoms with E-state index < -0.39 is 10.8 Å². The number of benzene rings is 2. The number of aryl methyl sites for hydroxylation is 2. The number of aromatic nitrogens is 1. The van der Waals surface area contributed by atoms with E-state index in [0.29, 0.717) is 4.80 Å². The van der Waals surface area contributed by atoms with Gasteiger partial charge >= 0.3 is 0 Å². The van der Waals surface area contributed by atoms with Crippen molar-refractivity contribution in [1.29, 1.82) is 0 Å². The Labute approximate surface area is 145 Å². The largest absolute Gasteiger partial charge is 0.319 e. The lowest BCUT2D eigenvalue weighted by Crippen LogP contribution is -2.14. The molecule has 8 heteroatoms. The van der Waals surface area contributed by atoms with Crippen LogP contribution in [-0.4, -0.2) is 15.4 Å². The summed E-state index contributed by atoms with van der Waals surface area (Å²) in [7, 11) is 1.83. The van der Waals surface area contributed by atoms with Gasteiger partial charge < -0.3 is 4.57 Å². The van der Waals surface area contributed by atoms with E-state index >= 15 is 0 Å². The van der Waals surface area contributed by atoms with Gasteiger partial charge in [0.15, 0.2) is 4.80 Å². The highest BCUT2D eigenvalue weighted by Crippen LogP contribution is 2.23. The van der Waals surface area contributed by atoms with Crippen LogP contribution in [0, 0.1) is 17.0 Å². The number of nitro groups is 1. The Bertz CT molecular complexity index is 1050. The molecule has 1 aromatic heterocycles. The third-order valence-electron chi connectivity index (χ3n) is 3.61. The normalized spacial score (nSPS) is 11.9. The molecule has 0 N–H and O–H groups in total. The zero-order valence-corrected chi connectivity index (χ0v) is 14.4. The number of fused-ring (bicyclic) bond motifs is 1. The van der Waals surface area contributed by atoms with Gasteiger partial charge in [0.2, 0.25) is 0 Å². The number of nitro benzene ring substituents is 1. The molecule has 0 unspecified atom stereocenters. The van der Waals surface area contributed by atoms with Crippen LogP contribution in [-0.2, 0) is 7.05 Å². The summed E-state index contributed by atoms with van der Waals surface area (Å²) in [5.41, 5.74) is 1.89. The molecule has 0 aliphatic rings. The number of hydrogen-bond acceptors (Lipinski definition) is 4. The predicted octanol–water partition coefficient (Wildman–Crippen LogP) is 3.85. The van der Waals surface area contributed by atoms with Crippen LogP contribution in [0.15, 0.2) is 41.4 Å². The fraction of sp³-hybridized carbons (Fsp3) is 0.125. The van der Waals surface area contributed by atoms with E-state index in [-0.39, 0.29) is 16.3 Å². The number of amides is 1. The van der Waals surface area contributed by atoms with Gasteiger partial charge in [0.05, 0.1) is 25.7 Å². The third kappa shape index (κ3) is 2.83. The summed E-state index contributed by atoms with van der Waals surface area (Å²) in [6.07, 6.45) is 0. The van der Waals surface area contributed by atoms with Crippen LogP contribution in [0.4, 0.5) is 5.69 Å². The van der Waals surface area contributed by atoms with Gasteiger partial charge in [-0.1, -0.05) is 35.1 Å². The smallest absolute Gasteiger partial charge is 0.281 e. The average molecular weight is 362 g/mol. The van der Waals surface area contributed by atoms with Gasteiger partial charge in [-0.25, -0.2) is 0 Å². The third-order valence-corrected chi connectivity index (χ3v) is 5.04. The van der Waals surface area contributed by atoms with E-state index in [9.17, 15) is 14.9 Å². The summed E-state index contributed by atoms with van der Waals surface area (Å²) in [4.78, 5) is 27.4. The number of rotatable bonds is 2. The molecular weight excluding hydrogens is 350 g/mol. The van der Waals surface area contributed by atoms with Crippen LogP contribution in [0.25, 0.3) is 10.2 Å². The molecule has 0 saturated heterocycles. The van der Waals surface area contributed by atoms with Crippen molar-refractivity contribution in [1.82, 2.24) is 4.57 Å². The van der Waals surface area contributed by atoms with Crippen molar-refractivity contribution in [3.8, 4) is 0 Å². The lowest BCUT2D eigenvalue weighted by molar-refractivity contribution is -0.384. The van der Waals surface area contributed by atoms with Crippen molar-refractivity contribution < 1.29 is 9.72 Å². The number of carbonyl (C=O) groups is 1. The number of thiazole rings is 1. The minimum atomic E-state index is -0.608. The molecule has 0 spiro atoms. The van der Waals surface area contributed by atoms with Gasteiger partial charge in [-0.3, -0.25) is 14.9 Å². The van der Waals surface area contributed by atoms with E-state index in [1.807, 2.05) is 36.7 Å². The molecule has 122 valence electrons.